The fraction of sp³-hybridized carbons (Fsp3) is 0.897. The van der Waals surface area contributed by atoms with E-state index in [0.717, 1.165) is 25.7 Å². The first-order chi connectivity index (χ1) is 22.1. The third kappa shape index (κ3) is 30.7. The smallest absolute Gasteiger partial charge is 0.413 e. The van der Waals surface area contributed by atoms with Gasteiger partial charge in [0.1, 0.15) is 17.2 Å². The molecule has 0 saturated carbocycles. The summed E-state index contributed by atoms with van der Waals surface area (Å²) in [4.78, 5) is 42.3. The number of carbonyl (C=O) groups is 3. The molecule has 2 N–H and O–H groups in total. The predicted molar refractivity (Wildman–Crippen MR) is 196 cm³/mol. The Morgan fingerprint density at radius 1 is 0.652 bits per heavy atom. The van der Waals surface area contributed by atoms with Crippen LogP contribution >= 0.6 is 0 Å². The minimum Gasteiger partial charge on any atom is -0.444 e. The Labute approximate surface area is 284 Å². The topological polar surface area (TPSA) is 96.9 Å². The van der Waals surface area contributed by atoms with Crippen LogP contribution in [0.2, 0.25) is 0 Å². The first-order valence-corrected chi connectivity index (χ1v) is 19.4. The molecule has 2 amide bonds. The molecule has 7 nitrogen and oxygen atoms in total. The summed E-state index contributed by atoms with van der Waals surface area (Å²) in [6, 6.07) is 0. The van der Waals surface area contributed by atoms with Gasteiger partial charge in [-0.15, -0.1) is 0 Å². The molecule has 1 atom stereocenters. The summed E-state index contributed by atoms with van der Waals surface area (Å²) < 4.78 is 5.27. The Morgan fingerprint density at radius 3 is 1.59 bits per heavy atom. The van der Waals surface area contributed by atoms with Gasteiger partial charge in [-0.1, -0.05) is 136 Å². The van der Waals surface area contributed by atoms with Crippen molar-refractivity contribution in [2.75, 3.05) is 13.1 Å². The van der Waals surface area contributed by atoms with E-state index in [9.17, 15) is 14.4 Å². The Kier molecular flexibility index (Phi) is 29.1. The lowest BCUT2D eigenvalue weighted by Gasteiger charge is -2.19. The van der Waals surface area contributed by atoms with Gasteiger partial charge < -0.3 is 10.1 Å². The average molecular weight is 650 g/mol. The average Bonchev–Trinajstić information content (AvgIpc) is 2.99. The molecule has 0 unspecified atom stereocenters. The maximum absolute atomic E-state index is 13.1. The predicted octanol–water partition coefficient (Wildman–Crippen LogP) is 11.0. The number of nitrogens with zero attached hydrogens (tertiary/aromatic N) is 1. The van der Waals surface area contributed by atoms with Gasteiger partial charge in [0.15, 0.2) is 0 Å². The molecule has 0 fully saturated rings. The highest BCUT2D eigenvalue weighted by molar-refractivity contribution is 5.93. The second-order valence-electron chi connectivity index (χ2n) is 14.4. The number of amides is 2. The van der Waals surface area contributed by atoms with Crippen molar-refractivity contribution in [3.05, 3.63) is 0 Å². The van der Waals surface area contributed by atoms with Gasteiger partial charge in [0, 0.05) is 31.8 Å². The third-order valence-electron chi connectivity index (χ3n) is 8.48. The van der Waals surface area contributed by atoms with E-state index in [1.165, 1.54) is 109 Å². The molecule has 0 rings (SSSR count). The SMILES string of the molecule is CCCCCCCCCCCCCCCCCC(=O)C[C@@H](CCCN=C(C)NC(=O)OC(C)(C)C)C(=O)NCCCCCCCC. The number of carbonyl (C=O) groups excluding carboxylic acids is 3. The van der Waals surface area contributed by atoms with Gasteiger partial charge >= 0.3 is 6.09 Å². The van der Waals surface area contributed by atoms with Crippen molar-refractivity contribution in [2.24, 2.45) is 10.9 Å². The number of ketones is 1. The van der Waals surface area contributed by atoms with Gasteiger partial charge in [0.2, 0.25) is 5.91 Å². The number of ether oxygens (including phenoxy) is 1. The van der Waals surface area contributed by atoms with Crippen LogP contribution in [-0.4, -0.2) is 42.3 Å². The van der Waals surface area contributed by atoms with Crippen LogP contribution in [0, 0.1) is 5.92 Å². The lowest BCUT2D eigenvalue weighted by molar-refractivity contribution is -0.129. The summed E-state index contributed by atoms with van der Waals surface area (Å²) in [5.74, 6) is 0.354. The second-order valence-corrected chi connectivity index (χ2v) is 14.4. The number of alkyl carbamates (subject to hydrolysis) is 1. The number of hydrogen-bond acceptors (Lipinski definition) is 5. The minimum absolute atomic E-state index is 0.00835. The van der Waals surface area contributed by atoms with Crippen LogP contribution in [0.5, 0.6) is 0 Å². The lowest BCUT2D eigenvalue weighted by Crippen LogP contribution is -2.35. The maximum atomic E-state index is 13.1. The maximum Gasteiger partial charge on any atom is 0.413 e. The standard InChI is InChI=1S/C39H75N3O4/c1-7-9-11-13-15-16-17-18-19-20-21-22-23-24-26-30-36(43)33-35(37(44)41-31-27-25-14-12-10-8-2)29-28-32-40-34(3)42-38(45)46-39(4,5)6/h35H,7-33H2,1-6H3,(H,41,44)(H,40,42,45)/t35-/m1/s1. The zero-order valence-electron chi connectivity index (χ0n) is 31.2. The summed E-state index contributed by atoms with van der Waals surface area (Å²) in [5.41, 5.74) is -0.570. The number of unbranched alkanes of at least 4 members (excludes halogenated alkanes) is 19. The zero-order chi connectivity index (χ0) is 34.3. The van der Waals surface area contributed by atoms with Crippen LogP contribution < -0.4 is 10.6 Å². The zero-order valence-corrected chi connectivity index (χ0v) is 31.2. The molecule has 0 aromatic heterocycles. The molecule has 0 radical (unpaired) electrons. The molecule has 0 aliphatic carbocycles. The monoisotopic (exact) mass is 650 g/mol. The van der Waals surface area contributed by atoms with Crippen molar-refractivity contribution in [3.63, 3.8) is 0 Å². The Balaban J connectivity index is 4.38. The van der Waals surface area contributed by atoms with Crippen molar-refractivity contribution in [1.29, 1.82) is 0 Å². The van der Waals surface area contributed by atoms with Gasteiger partial charge in [-0.3, -0.25) is 19.9 Å². The highest BCUT2D eigenvalue weighted by Crippen LogP contribution is 2.17. The highest BCUT2D eigenvalue weighted by Gasteiger charge is 2.21. The number of rotatable bonds is 30. The van der Waals surface area contributed by atoms with Crippen LogP contribution in [-0.2, 0) is 14.3 Å². The molecular formula is C39H75N3O4. The van der Waals surface area contributed by atoms with Gasteiger partial charge in [-0.25, -0.2) is 4.79 Å². The van der Waals surface area contributed by atoms with Crippen molar-refractivity contribution >= 4 is 23.6 Å². The first-order valence-electron chi connectivity index (χ1n) is 19.4. The summed E-state index contributed by atoms with van der Waals surface area (Å²) in [5, 5.41) is 5.75. The van der Waals surface area contributed by atoms with Crippen LogP contribution in [0.15, 0.2) is 4.99 Å². The molecule has 0 spiro atoms. The Hall–Kier alpha value is -1.92. The van der Waals surface area contributed by atoms with Crippen molar-refractivity contribution < 1.29 is 19.1 Å². The van der Waals surface area contributed by atoms with E-state index in [1.54, 1.807) is 6.92 Å². The molecule has 270 valence electrons. The van der Waals surface area contributed by atoms with E-state index < -0.39 is 11.7 Å². The highest BCUT2D eigenvalue weighted by atomic mass is 16.6. The molecule has 0 aliphatic heterocycles. The molecule has 0 heterocycles. The molecule has 0 aliphatic rings. The number of amidine groups is 1. The number of nitrogens with one attached hydrogen (secondary N) is 2. The summed E-state index contributed by atoms with van der Waals surface area (Å²) in [6.07, 6.45) is 28.3. The minimum atomic E-state index is -0.570. The van der Waals surface area contributed by atoms with E-state index >= 15 is 0 Å². The molecule has 0 bridgehead atoms. The van der Waals surface area contributed by atoms with Crippen LogP contribution in [0.4, 0.5) is 4.79 Å². The summed E-state index contributed by atoms with van der Waals surface area (Å²) in [7, 11) is 0. The molecule has 0 aromatic rings. The van der Waals surface area contributed by atoms with Crippen LogP contribution in [0.25, 0.3) is 0 Å². The normalized spacial score (nSPS) is 12.6. The molecule has 0 saturated heterocycles. The summed E-state index contributed by atoms with van der Waals surface area (Å²) >= 11 is 0. The molecule has 7 heteroatoms. The van der Waals surface area contributed by atoms with E-state index in [0.29, 0.717) is 44.6 Å². The lowest BCUT2D eigenvalue weighted by atomic mass is 9.93. The third-order valence-corrected chi connectivity index (χ3v) is 8.48. The fourth-order valence-corrected chi connectivity index (χ4v) is 5.73. The van der Waals surface area contributed by atoms with E-state index in [2.05, 4.69) is 29.5 Å². The second kappa shape index (κ2) is 30.4. The van der Waals surface area contributed by atoms with Crippen LogP contribution in [0.1, 0.15) is 202 Å². The largest absolute Gasteiger partial charge is 0.444 e. The first kappa shape index (κ1) is 44.1. The number of hydrogen-bond donors (Lipinski definition) is 2. The number of Topliss-reactive ketones (excluding diaryl/α,β-unsaturated/α-hetero) is 1. The van der Waals surface area contributed by atoms with Crippen LogP contribution in [0.3, 0.4) is 0 Å². The van der Waals surface area contributed by atoms with Gasteiger partial charge in [-0.2, -0.15) is 0 Å². The van der Waals surface area contributed by atoms with Crippen molar-refractivity contribution in [1.82, 2.24) is 10.6 Å². The fourth-order valence-electron chi connectivity index (χ4n) is 5.73. The van der Waals surface area contributed by atoms with E-state index in [1.807, 2.05) is 20.8 Å². The van der Waals surface area contributed by atoms with Crippen molar-refractivity contribution in [2.45, 2.75) is 208 Å². The quantitative estimate of drug-likeness (QED) is 0.0459. The van der Waals surface area contributed by atoms with Crippen molar-refractivity contribution in [3.8, 4) is 0 Å². The summed E-state index contributed by atoms with van der Waals surface area (Å²) in [6.45, 7) is 12.8. The molecular weight excluding hydrogens is 574 g/mol. The molecule has 0 aromatic carbocycles. The van der Waals surface area contributed by atoms with E-state index in [-0.39, 0.29) is 17.6 Å². The van der Waals surface area contributed by atoms with Gasteiger partial charge in [0.05, 0.1) is 0 Å². The number of aliphatic imine (C=N–C) groups is 1. The Bertz CT molecular complexity index is 791. The van der Waals surface area contributed by atoms with Gasteiger partial charge in [-0.05, 0) is 53.4 Å². The van der Waals surface area contributed by atoms with E-state index in [4.69, 9.17) is 4.74 Å². The van der Waals surface area contributed by atoms with Gasteiger partial charge in [0.25, 0.3) is 0 Å². The molecule has 46 heavy (non-hydrogen) atoms. The Morgan fingerprint density at radius 2 is 1.11 bits per heavy atom.